The molecule has 0 aromatic carbocycles. The lowest BCUT2D eigenvalue weighted by atomic mass is 9.97. The van der Waals surface area contributed by atoms with Gasteiger partial charge in [0.05, 0.1) is 6.04 Å². The topological polar surface area (TPSA) is 42.2 Å². The van der Waals surface area contributed by atoms with Crippen LogP contribution in [0.3, 0.4) is 0 Å². The molecule has 21 heavy (non-hydrogen) atoms. The van der Waals surface area contributed by atoms with E-state index in [1.54, 1.807) is 0 Å². The van der Waals surface area contributed by atoms with Gasteiger partial charge in [-0.3, -0.25) is 9.88 Å². The van der Waals surface area contributed by atoms with Crippen LogP contribution >= 0.6 is 0 Å². The maximum Gasteiger partial charge on any atom is 0.0514 e. The van der Waals surface area contributed by atoms with Gasteiger partial charge in [0, 0.05) is 24.5 Å². The number of aromatic nitrogens is 1. The molecule has 118 valence electrons. The maximum atomic E-state index is 6.37. The molecule has 0 spiro atoms. The molecule has 2 unspecified atom stereocenters. The van der Waals surface area contributed by atoms with Gasteiger partial charge in [0.15, 0.2) is 0 Å². The lowest BCUT2D eigenvalue weighted by Gasteiger charge is -2.39. The van der Waals surface area contributed by atoms with Gasteiger partial charge in [-0.05, 0) is 50.3 Å². The molecule has 3 nitrogen and oxygen atoms in total. The lowest BCUT2D eigenvalue weighted by molar-refractivity contribution is 0.112. The Balaban J connectivity index is 2.21. The second-order valence-corrected chi connectivity index (χ2v) is 6.95. The minimum Gasteiger partial charge on any atom is -0.326 e. The van der Waals surface area contributed by atoms with Gasteiger partial charge in [-0.2, -0.15) is 0 Å². The Kier molecular flexibility index (Phi) is 6.19. The summed E-state index contributed by atoms with van der Waals surface area (Å²) in [6.45, 7) is 7.88. The average Bonchev–Trinajstić information content (AvgIpc) is 2.97. The van der Waals surface area contributed by atoms with Crippen LogP contribution in [-0.2, 0) is 0 Å². The van der Waals surface area contributed by atoms with Crippen molar-refractivity contribution >= 4 is 0 Å². The van der Waals surface area contributed by atoms with Crippen LogP contribution in [0.1, 0.15) is 64.5 Å². The quantitative estimate of drug-likeness (QED) is 0.831. The largest absolute Gasteiger partial charge is 0.326 e. The highest BCUT2D eigenvalue weighted by Gasteiger charge is 2.31. The van der Waals surface area contributed by atoms with Crippen LogP contribution in [0.5, 0.6) is 0 Å². The second kappa shape index (κ2) is 7.90. The third kappa shape index (κ3) is 4.52. The van der Waals surface area contributed by atoms with Crippen LogP contribution in [0, 0.1) is 5.92 Å². The van der Waals surface area contributed by atoms with Gasteiger partial charge in [-0.25, -0.2) is 0 Å². The van der Waals surface area contributed by atoms with Crippen LogP contribution in [0.4, 0.5) is 0 Å². The van der Waals surface area contributed by atoms with E-state index in [1.807, 2.05) is 18.5 Å². The minimum absolute atomic E-state index is 0.127. The van der Waals surface area contributed by atoms with Gasteiger partial charge in [0.1, 0.15) is 0 Å². The number of hydrogen-bond acceptors (Lipinski definition) is 3. The van der Waals surface area contributed by atoms with Crippen molar-refractivity contribution in [2.24, 2.45) is 11.7 Å². The van der Waals surface area contributed by atoms with Gasteiger partial charge < -0.3 is 5.73 Å². The summed E-state index contributed by atoms with van der Waals surface area (Å²) in [7, 11) is 0. The molecule has 0 radical (unpaired) electrons. The van der Waals surface area contributed by atoms with Crippen molar-refractivity contribution in [1.29, 1.82) is 0 Å². The van der Waals surface area contributed by atoms with Crippen LogP contribution in [-0.4, -0.2) is 28.5 Å². The molecule has 2 N–H and O–H groups in total. The molecule has 1 aromatic rings. The molecule has 2 atom stereocenters. The number of hydrogen-bond donors (Lipinski definition) is 1. The molecule has 1 fully saturated rings. The molecule has 1 heterocycles. The van der Waals surface area contributed by atoms with Crippen molar-refractivity contribution in [2.45, 2.75) is 71.0 Å². The average molecular weight is 289 g/mol. The van der Waals surface area contributed by atoms with E-state index >= 15 is 0 Å². The van der Waals surface area contributed by atoms with E-state index in [0.717, 1.165) is 12.5 Å². The van der Waals surface area contributed by atoms with E-state index in [4.69, 9.17) is 5.73 Å². The van der Waals surface area contributed by atoms with Crippen LogP contribution in [0.25, 0.3) is 0 Å². The van der Waals surface area contributed by atoms with E-state index in [1.165, 1.54) is 37.7 Å². The Morgan fingerprint density at radius 2 is 2.00 bits per heavy atom. The Morgan fingerprint density at radius 1 is 1.29 bits per heavy atom. The van der Waals surface area contributed by atoms with Gasteiger partial charge in [-0.15, -0.1) is 0 Å². The van der Waals surface area contributed by atoms with Gasteiger partial charge in [0.25, 0.3) is 0 Å². The molecule has 1 aliphatic carbocycles. The van der Waals surface area contributed by atoms with Gasteiger partial charge >= 0.3 is 0 Å². The summed E-state index contributed by atoms with van der Waals surface area (Å²) in [5, 5.41) is 0. The van der Waals surface area contributed by atoms with Crippen molar-refractivity contribution in [3.63, 3.8) is 0 Å². The lowest BCUT2D eigenvalue weighted by Crippen LogP contribution is -2.45. The van der Waals surface area contributed by atoms with Crippen LogP contribution < -0.4 is 5.73 Å². The third-order valence-electron chi connectivity index (χ3n) is 4.64. The number of pyridine rings is 1. The van der Waals surface area contributed by atoms with Crippen molar-refractivity contribution in [1.82, 2.24) is 9.88 Å². The molecule has 1 aromatic heterocycles. The Bertz CT molecular complexity index is 396. The van der Waals surface area contributed by atoms with Crippen molar-refractivity contribution < 1.29 is 0 Å². The normalized spacial score (nSPS) is 19.3. The molecule has 0 aliphatic heterocycles. The Labute approximate surface area is 129 Å². The van der Waals surface area contributed by atoms with Crippen LogP contribution in [0.15, 0.2) is 24.5 Å². The van der Waals surface area contributed by atoms with E-state index in [0.29, 0.717) is 12.1 Å². The highest BCUT2D eigenvalue weighted by molar-refractivity contribution is 5.16. The zero-order chi connectivity index (χ0) is 15.2. The highest BCUT2D eigenvalue weighted by Crippen LogP contribution is 2.33. The van der Waals surface area contributed by atoms with E-state index in [-0.39, 0.29) is 6.04 Å². The third-order valence-corrected chi connectivity index (χ3v) is 4.64. The highest BCUT2D eigenvalue weighted by atomic mass is 15.2. The molecule has 0 saturated heterocycles. The van der Waals surface area contributed by atoms with Crippen molar-refractivity contribution in [3.05, 3.63) is 30.1 Å². The first-order valence-electron chi connectivity index (χ1n) is 8.51. The van der Waals surface area contributed by atoms with Crippen LogP contribution in [0.2, 0.25) is 0 Å². The molecule has 1 saturated carbocycles. The molecule has 0 bridgehead atoms. The standard InChI is InChI=1S/C18H31N3/c1-14(2)10-12-21(17-8-4-5-9-17)18(15(3)19)16-7-6-11-20-13-16/h6-7,11,13-15,17-18H,4-5,8-10,12,19H2,1-3H3. The number of nitrogens with zero attached hydrogens (tertiary/aromatic N) is 2. The zero-order valence-corrected chi connectivity index (χ0v) is 13.8. The zero-order valence-electron chi connectivity index (χ0n) is 13.8. The fraction of sp³-hybridized carbons (Fsp3) is 0.722. The minimum atomic E-state index is 0.127. The first-order chi connectivity index (χ1) is 10.1. The SMILES string of the molecule is CC(C)CCN(C1CCCC1)C(c1cccnc1)C(C)N. The predicted molar refractivity (Wildman–Crippen MR) is 89.0 cm³/mol. The van der Waals surface area contributed by atoms with Crippen molar-refractivity contribution in [2.75, 3.05) is 6.54 Å². The predicted octanol–water partition coefficient (Wildman–Crippen LogP) is 3.76. The first kappa shape index (κ1) is 16.4. The summed E-state index contributed by atoms with van der Waals surface area (Å²) in [6, 6.07) is 5.32. The smallest absolute Gasteiger partial charge is 0.0514 e. The summed E-state index contributed by atoms with van der Waals surface area (Å²) in [4.78, 5) is 6.99. The molecular formula is C18H31N3. The fourth-order valence-electron chi connectivity index (χ4n) is 3.54. The summed E-state index contributed by atoms with van der Waals surface area (Å²) in [6.07, 6.45) is 10.4. The monoisotopic (exact) mass is 289 g/mol. The van der Waals surface area contributed by atoms with E-state index < -0.39 is 0 Å². The summed E-state index contributed by atoms with van der Waals surface area (Å²) in [5.74, 6) is 0.733. The summed E-state index contributed by atoms with van der Waals surface area (Å²) < 4.78 is 0. The summed E-state index contributed by atoms with van der Waals surface area (Å²) >= 11 is 0. The summed E-state index contributed by atoms with van der Waals surface area (Å²) in [5.41, 5.74) is 7.64. The fourth-order valence-corrected chi connectivity index (χ4v) is 3.54. The molecule has 0 amide bonds. The number of nitrogens with two attached hydrogens (primary N) is 1. The molecule has 2 rings (SSSR count). The van der Waals surface area contributed by atoms with E-state index in [2.05, 4.69) is 36.7 Å². The van der Waals surface area contributed by atoms with E-state index in [9.17, 15) is 0 Å². The van der Waals surface area contributed by atoms with Gasteiger partial charge in [0.2, 0.25) is 0 Å². The maximum absolute atomic E-state index is 6.37. The Hall–Kier alpha value is -0.930. The first-order valence-corrected chi connectivity index (χ1v) is 8.51. The molecule has 1 aliphatic rings. The molecular weight excluding hydrogens is 258 g/mol. The second-order valence-electron chi connectivity index (χ2n) is 6.95. The number of rotatable bonds is 7. The van der Waals surface area contributed by atoms with Gasteiger partial charge in [-0.1, -0.05) is 32.8 Å². The van der Waals surface area contributed by atoms with Crippen molar-refractivity contribution in [3.8, 4) is 0 Å². The molecule has 3 heteroatoms. The Morgan fingerprint density at radius 3 is 2.52 bits per heavy atom.